The summed E-state index contributed by atoms with van der Waals surface area (Å²) < 4.78 is 0. The largest absolute Gasteiger partial charge is 0.340 e. The molecule has 162 valence electrons. The topological polar surface area (TPSA) is 103 Å². The number of rotatable bonds is 4. The zero-order valence-corrected chi connectivity index (χ0v) is 17.6. The third kappa shape index (κ3) is 4.06. The van der Waals surface area contributed by atoms with E-state index in [4.69, 9.17) is 0 Å². The number of anilines is 1. The maximum absolute atomic E-state index is 13.1. The molecule has 3 aliphatic heterocycles. The van der Waals surface area contributed by atoms with Gasteiger partial charge in [0.2, 0.25) is 17.7 Å². The molecule has 3 saturated heterocycles. The van der Waals surface area contributed by atoms with E-state index in [9.17, 15) is 14.4 Å². The Balaban J connectivity index is 1.51. The first-order valence-corrected chi connectivity index (χ1v) is 11.0. The van der Waals surface area contributed by atoms with Crippen LogP contribution in [0, 0.1) is 18.8 Å². The molecule has 3 amide bonds. The quantitative estimate of drug-likeness (QED) is 0.596. The van der Waals surface area contributed by atoms with E-state index in [2.05, 4.69) is 33.1 Å². The van der Waals surface area contributed by atoms with E-state index in [1.165, 1.54) is 6.42 Å². The molecule has 0 aliphatic carbocycles. The molecule has 30 heavy (non-hydrogen) atoms. The normalized spacial score (nSPS) is 32.0. The number of nitrogens with zero attached hydrogens (tertiary/aromatic N) is 1. The van der Waals surface area contributed by atoms with E-state index >= 15 is 0 Å². The van der Waals surface area contributed by atoms with Gasteiger partial charge < -0.3 is 16.0 Å². The Kier molecular flexibility index (Phi) is 6.06. The number of piperidine rings is 2. The van der Waals surface area contributed by atoms with Crippen molar-refractivity contribution in [1.29, 1.82) is 0 Å². The molecular weight excluding hydrogens is 382 g/mol. The van der Waals surface area contributed by atoms with E-state index in [0.29, 0.717) is 11.7 Å². The number of amides is 3. The second kappa shape index (κ2) is 8.73. The summed E-state index contributed by atoms with van der Waals surface area (Å²) in [6.45, 7) is 4.97. The lowest BCUT2D eigenvalue weighted by molar-refractivity contribution is -0.148. The monoisotopic (exact) mass is 413 g/mol. The number of hydrogen-bond donors (Lipinski definition) is 4. The standard InChI is InChI=1S/C22H31N5O3/c1-3-14-9-6-7-11-27(14)22-25-19-18(21(30)26-22)15(12-17(28)24-19)20(29)23-16-10-5-4-8-13(16)2/h4-5,8,10,14-15,18-19,22,25H,3,6-7,9,11-12H2,1-2H3,(H,23,29)(H,24,28)(H,26,30). The van der Waals surface area contributed by atoms with E-state index in [0.717, 1.165) is 31.4 Å². The molecule has 3 heterocycles. The lowest BCUT2D eigenvalue weighted by Gasteiger charge is -2.49. The zero-order chi connectivity index (χ0) is 21.3. The summed E-state index contributed by atoms with van der Waals surface area (Å²) in [4.78, 5) is 40.8. The van der Waals surface area contributed by atoms with Crippen molar-refractivity contribution in [3.8, 4) is 0 Å². The van der Waals surface area contributed by atoms with Crippen molar-refractivity contribution in [2.45, 2.75) is 64.4 Å². The number of fused-ring (bicyclic) bond motifs is 1. The number of benzene rings is 1. The molecule has 4 rings (SSSR count). The summed E-state index contributed by atoms with van der Waals surface area (Å²) in [5, 5.41) is 12.3. The van der Waals surface area contributed by atoms with Gasteiger partial charge in [-0.15, -0.1) is 0 Å². The molecule has 8 heteroatoms. The number of nitrogens with one attached hydrogen (secondary N) is 4. The molecule has 0 aromatic heterocycles. The number of carbonyl (C=O) groups excluding carboxylic acids is 3. The van der Waals surface area contributed by atoms with Gasteiger partial charge in [-0.25, -0.2) is 0 Å². The van der Waals surface area contributed by atoms with Crippen molar-refractivity contribution in [2.24, 2.45) is 11.8 Å². The molecule has 0 spiro atoms. The van der Waals surface area contributed by atoms with Gasteiger partial charge in [-0.05, 0) is 37.8 Å². The maximum Gasteiger partial charge on any atom is 0.229 e. The van der Waals surface area contributed by atoms with Crippen LogP contribution in [0.3, 0.4) is 0 Å². The van der Waals surface area contributed by atoms with Gasteiger partial charge in [0, 0.05) is 24.7 Å². The Labute approximate surface area is 177 Å². The van der Waals surface area contributed by atoms with Gasteiger partial charge in [0.05, 0.1) is 18.0 Å². The van der Waals surface area contributed by atoms with Gasteiger partial charge in [-0.2, -0.15) is 0 Å². The minimum Gasteiger partial charge on any atom is -0.340 e. The number of hydrogen-bond acceptors (Lipinski definition) is 5. The van der Waals surface area contributed by atoms with Crippen LogP contribution in [0.5, 0.6) is 0 Å². The van der Waals surface area contributed by atoms with Crippen LogP contribution in [0.1, 0.15) is 44.6 Å². The Morgan fingerprint density at radius 1 is 1.20 bits per heavy atom. The highest BCUT2D eigenvalue weighted by Crippen LogP contribution is 2.30. The number of likely N-dealkylation sites (tertiary alicyclic amines) is 1. The molecule has 4 N–H and O–H groups in total. The Hall–Kier alpha value is -2.45. The smallest absolute Gasteiger partial charge is 0.229 e. The predicted octanol–water partition coefficient (Wildman–Crippen LogP) is 1.28. The summed E-state index contributed by atoms with van der Waals surface area (Å²) in [5.74, 6) is -2.07. The average Bonchev–Trinajstić information content (AvgIpc) is 2.74. The van der Waals surface area contributed by atoms with Crippen molar-refractivity contribution in [3.05, 3.63) is 29.8 Å². The average molecular weight is 414 g/mol. The fourth-order valence-electron chi connectivity index (χ4n) is 4.98. The first-order valence-electron chi connectivity index (χ1n) is 11.0. The minimum atomic E-state index is -0.722. The second-order valence-electron chi connectivity index (χ2n) is 8.56. The molecule has 0 bridgehead atoms. The molecule has 3 aliphatic rings. The van der Waals surface area contributed by atoms with E-state index < -0.39 is 18.0 Å². The summed E-state index contributed by atoms with van der Waals surface area (Å²) in [6, 6.07) is 7.88. The molecule has 0 radical (unpaired) electrons. The molecule has 5 unspecified atom stereocenters. The van der Waals surface area contributed by atoms with Crippen molar-refractivity contribution < 1.29 is 14.4 Å². The van der Waals surface area contributed by atoms with Crippen LogP contribution in [0.15, 0.2) is 24.3 Å². The first-order chi connectivity index (χ1) is 14.5. The third-order valence-corrected chi connectivity index (χ3v) is 6.65. The SMILES string of the molecule is CCC1CCCCN1C1NC(=O)C2C(NC(=O)CC2C(=O)Nc2ccccc2C)N1. The summed E-state index contributed by atoms with van der Waals surface area (Å²) in [6.07, 6.45) is 3.51. The van der Waals surface area contributed by atoms with Gasteiger partial charge in [-0.1, -0.05) is 31.5 Å². The summed E-state index contributed by atoms with van der Waals surface area (Å²) in [7, 11) is 0. The van der Waals surface area contributed by atoms with E-state index in [-0.39, 0.29) is 30.4 Å². The maximum atomic E-state index is 13.1. The highest BCUT2D eigenvalue weighted by atomic mass is 16.2. The van der Waals surface area contributed by atoms with Gasteiger partial charge >= 0.3 is 0 Å². The number of aryl methyl sites for hydroxylation is 1. The molecule has 5 atom stereocenters. The zero-order valence-electron chi connectivity index (χ0n) is 17.6. The van der Waals surface area contributed by atoms with Crippen LogP contribution in [0.25, 0.3) is 0 Å². The number of carbonyl (C=O) groups is 3. The van der Waals surface area contributed by atoms with Crippen molar-refractivity contribution in [1.82, 2.24) is 20.9 Å². The Bertz CT molecular complexity index is 829. The fraction of sp³-hybridized carbons (Fsp3) is 0.591. The summed E-state index contributed by atoms with van der Waals surface area (Å²) >= 11 is 0. The van der Waals surface area contributed by atoms with Crippen LogP contribution in [0.4, 0.5) is 5.69 Å². The van der Waals surface area contributed by atoms with Gasteiger partial charge in [0.25, 0.3) is 0 Å². The lowest BCUT2D eigenvalue weighted by Crippen LogP contribution is -2.75. The van der Waals surface area contributed by atoms with Crippen molar-refractivity contribution in [3.63, 3.8) is 0 Å². The lowest BCUT2D eigenvalue weighted by atomic mass is 9.81. The summed E-state index contributed by atoms with van der Waals surface area (Å²) in [5.41, 5.74) is 1.64. The Morgan fingerprint density at radius 3 is 2.77 bits per heavy atom. The molecule has 3 fully saturated rings. The molecular formula is C22H31N5O3. The molecule has 0 saturated carbocycles. The Morgan fingerprint density at radius 2 is 2.00 bits per heavy atom. The van der Waals surface area contributed by atoms with Crippen LogP contribution in [-0.4, -0.2) is 47.7 Å². The minimum absolute atomic E-state index is 0.0000524. The third-order valence-electron chi connectivity index (χ3n) is 6.65. The van der Waals surface area contributed by atoms with Crippen LogP contribution < -0.4 is 21.3 Å². The molecule has 1 aromatic rings. The van der Waals surface area contributed by atoms with Crippen LogP contribution >= 0.6 is 0 Å². The van der Waals surface area contributed by atoms with Crippen LogP contribution in [-0.2, 0) is 14.4 Å². The van der Waals surface area contributed by atoms with Gasteiger partial charge in [0.1, 0.15) is 6.29 Å². The molecule has 8 nitrogen and oxygen atoms in total. The van der Waals surface area contributed by atoms with E-state index in [1.807, 2.05) is 31.2 Å². The fourth-order valence-corrected chi connectivity index (χ4v) is 4.98. The van der Waals surface area contributed by atoms with Crippen molar-refractivity contribution >= 4 is 23.4 Å². The highest BCUT2D eigenvalue weighted by Gasteiger charge is 2.49. The first kappa shape index (κ1) is 20.8. The second-order valence-corrected chi connectivity index (χ2v) is 8.56. The van der Waals surface area contributed by atoms with Gasteiger partial charge in [0.15, 0.2) is 0 Å². The molecule has 1 aromatic carbocycles. The van der Waals surface area contributed by atoms with E-state index in [1.54, 1.807) is 0 Å². The predicted molar refractivity (Wildman–Crippen MR) is 113 cm³/mol. The van der Waals surface area contributed by atoms with Crippen LogP contribution in [0.2, 0.25) is 0 Å². The number of para-hydroxylation sites is 1. The van der Waals surface area contributed by atoms with Gasteiger partial charge in [-0.3, -0.25) is 24.6 Å². The van der Waals surface area contributed by atoms with Crippen molar-refractivity contribution in [2.75, 3.05) is 11.9 Å². The highest BCUT2D eigenvalue weighted by molar-refractivity contribution is 6.00.